The van der Waals surface area contributed by atoms with Crippen molar-refractivity contribution in [2.45, 2.75) is 136 Å². The second kappa shape index (κ2) is 23.5. The molecule has 0 saturated carbocycles. The molecule has 0 unspecified atom stereocenters. The Morgan fingerprint density at radius 3 is 1.98 bits per heavy atom. The summed E-state index contributed by atoms with van der Waals surface area (Å²) in [6.07, 6.45) is 13.3. The first kappa shape index (κ1) is 41.3. The summed E-state index contributed by atoms with van der Waals surface area (Å²) in [4.78, 5) is 65.0. The lowest BCUT2D eigenvalue weighted by Crippen LogP contribution is -2.55. The molecular weight excluding hydrogens is 624 g/mol. The second-order valence-electron chi connectivity index (χ2n) is 13.2. The standard InChI is InChI=1S/C38H60N4O7/c1-6-8-10-12-14-16-22-39-33(43)21-20-31(37(46)40-23-17-15-13-11-9-7-2)41-38(47)36(27(3)4)42-34(44)24-28-25-35(45)49-32-26-29(48-5)18-19-30(28)32/h18-19,25-27,31,36H,6-17,20-24H2,1-5H3,(H,39,43)(H,40,46)(H,41,47)(H,42,44)/t31-,36-/m0/s1. The third kappa shape index (κ3) is 15.9. The van der Waals surface area contributed by atoms with Gasteiger partial charge in [-0.15, -0.1) is 0 Å². The molecule has 0 aliphatic rings. The van der Waals surface area contributed by atoms with Crippen LogP contribution >= 0.6 is 0 Å². The molecule has 49 heavy (non-hydrogen) atoms. The zero-order valence-electron chi connectivity index (χ0n) is 30.4. The number of hydrogen-bond acceptors (Lipinski definition) is 7. The highest BCUT2D eigenvalue weighted by Gasteiger charge is 2.29. The number of hydrogen-bond donors (Lipinski definition) is 4. The fourth-order valence-electron chi connectivity index (χ4n) is 5.68. The first-order chi connectivity index (χ1) is 23.6. The summed E-state index contributed by atoms with van der Waals surface area (Å²) < 4.78 is 10.5. The lowest BCUT2D eigenvalue weighted by Gasteiger charge is -2.25. The zero-order valence-corrected chi connectivity index (χ0v) is 30.4. The average molecular weight is 685 g/mol. The summed E-state index contributed by atoms with van der Waals surface area (Å²) >= 11 is 0. The predicted octanol–water partition coefficient (Wildman–Crippen LogP) is 5.70. The van der Waals surface area contributed by atoms with Gasteiger partial charge in [0.25, 0.3) is 0 Å². The molecular formula is C38H60N4O7. The van der Waals surface area contributed by atoms with E-state index in [1.165, 1.54) is 51.7 Å². The van der Waals surface area contributed by atoms with Gasteiger partial charge < -0.3 is 30.4 Å². The van der Waals surface area contributed by atoms with E-state index in [0.29, 0.717) is 35.4 Å². The molecule has 2 atom stereocenters. The van der Waals surface area contributed by atoms with Crippen LogP contribution in [0.4, 0.5) is 0 Å². The minimum absolute atomic E-state index is 0.0817. The summed E-state index contributed by atoms with van der Waals surface area (Å²) in [6, 6.07) is 4.37. The van der Waals surface area contributed by atoms with Crippen LogP contribution in [0, 0.1) is 5.92 Å². The average Bonchev–Trinajstić information content (AvgIpc) is 3.07. The minimum Gasteiger partial charge on any atom is -0.497 e. The summed E-state index contributed by atoms with van der Waals surface area (Å²) in [5, 5.41) is 12.1. The normalized spacial score (nSPS) is 12.4. The van der Waals surface area contributed by atoms with Gasteiger partial charge in [-0.05, 0) is 42.9 Å². The van der Waals surface area contributed by atoms with Crippen LogP contribution < -0.4 is 31.6 Å². The molecule has 2 rings (SSSR count). The Bertz CT molecular complexity index is 1370. The van der Waals surface area contributed by atoms with Gasteiger partial charge >= 0.3 is 5.63 Å². The van der Waals surface area contributed by atoms with Crippen LogP contribution in [0.2, 0.25) is 0 Å². The lowest BCUT2D eigenvalue weighted by atomic mass is 10.0. The number of ether oxygens (including phenoxy) is 1. The van der Waals surface area contributed by atoms with E-state index in [1.54, 1.807) is 32.0 Å². The number of rotatable bonds is 25. The molecule has 274 valence electrons. The molecule has 4 amide bonds. The van der Waals surface area contributed by atoms with Gasteiger partial charge in [-0.1, -0.05) is 91.9 Å². The number of nitrogens with one attached hydrogen (secondary N) is 4. The second-order valence-corrected chi connectivity index (χ2v) is 13.2. The fourth-order valence-corrected chi connectivity index (χ4v) is 5.68. The van der Waals surface area contributed by atoms with Gasteiger partial charge in [0.1, 0.15) is 23.4 Å². The summed E-state index contributed by atoms with van der Waals surface area (Å²) in [5.41, 5.74) is 0.138. The summed E-state index contributed by atoms with van der Waals surface area (Å²) in [6.45, 7) is 9.01. The third-order valence-corrected chi connectivity index (χ3v) is 8.63. The van der Waals surface area contributed by atoms with Crippen molar-refractivity contribution in [3.63, 3.8) is 0 Å². The first-order valence-corrected chi connectivity index (χ1v) is 18.3. The van der Waals surface area contributed by atoms with Crippen LogP contribution in [0.15, 0.2) is 33.5 Å². The molecule has 1 heterocycles. The number of amides is 4. The Morgan fingerprint density at radius 2 is 1.37 bits per heavy atom. The van der Waals surface area contributed by atoms with Gasteiger partial charge in [-0.3, -0.25) is 19.2 Å². The van der Waals surface area contributed by atoms with Crippen molar-refractivity contribution in [3.8, 4) is 5.75 Å². The lowest BCUT2D eigenvalue weighted by molar-refractivity contribution is -0.133. The van der Waals surface area contributed by atoms with E-state index in [4.69, 9.17) is 9.15 Å². The number of methoxy groups -OCH3 is 1. The highest BCUT2D eigenvalue weighted by Crippen LogP contribution is 2.23. The molecule has 1 aromatic carbocycles. The predicted molar refractivity (Wildman–Crippen MR) is 193 cm³/mol. The van der Waals surface area contributed by atoms with Gasteiger partial charge in [0, 0.05) is 37.0 Å². The minimum atomic E-state index is -0.950. The van der Waals surface area contributed by atoms with E-state index in [1.807, 2.05) is 0 Å². The van der Waals surface area contributed by atoms with Gasteiger partial charge in [0.05, 0.1) is 13.5 Å². The summed E-state index contributed by atoms with van der Waals surface area (Å²) in [5.74, 6) is -1.29. The SMILES string of the molecule is CCCCCCCCNC(=O)CC[C@H](NC(=O)[C@@H](NC(=O)Cc1cc(=O)oc2cc(OC)ccc12)C(C)C)C(=O)NCCCCCCCC. The molecule has 0 aliphatic carbocycles. The highest BCUT2D eigenvalue weighted by atomic mass is 16.5. The van der Waals surface area contributed by atoms with E-state index in [2.05, 4.69) is 35.1 Å². The van der Waals surface area contributed by atoms with E-state index in [-0.39, 0.29) is 37.0 Å². The summed E-state index contributed by atoms with van der Waals surface area (Å²) in [7, 11) is 1.50. The molecule has 0 radical (unpaired) electrons. The van der Waals surface area contributed by atoms with Gasteiger partial charge in [-0.25, -0.2) is 4.79 Å². The molecule has 2 aromatic rings. The Labute approximate surface area is 292 Å². The smallest absolute Gasteiger partial charge is 0.336 e. The Hall–Kier alpha value is -3.89. The molecule has 11 nitrogen and oxygen atoms in total. The number of unbranched alkanes of at least 4 members (excludes halogenated alkanes) is 10. The van der Waals surface area contributed by atoms with Crippen molar-refractivity contribution in [3.05, 3.63) is 40.2 Å². The molecule has 0 spiro atoms. The molecule has 0 fully saturated rings. The topological polar surface area (TPSA) is 156 Å². The van der Waals surface area contributed by atoms with Crippen molar-refractivity contribution >= 4 is 34.6 Å². The first-order valence-electron chi connectivity index (χ1n) is 18.3. The fraction of sp³-hybridized carbons (Fsp3) is 0.658. The monoisotopic (exact) mass is 684 g/mol. The van der Waals surface area contributed by atoms with Crippen molar-refractivity contribution in [1.82, 2.24) is 21.3 Å². The van der Waals surface area contributed by atoms with E-state index >= 15 is 0 Å². The van der Waals surface area contributed by atoms with Gasteiger partial charge in [0.15, 0.2) is 0 Å². The Balaban J connectivity index is 2.05. The Morgan fingerprint density at radius 1 is 0.755 bits per heavy atom. The van der Waals surface area contributed by atoms with Crippen molar-refractivity contribution in [1.29, 1.82) is 0 Å². The number of fused-ring (bicyclic) bond motifs is 1. The molecule has 0 bridgehead atoms. The van der Waals surface area contributed by atoms with Crippen LogP contribution in [-0.4, -0.2) is 55.9 Å². The maximum atomic E-state index is 13.6. The van der Waals surface area contributed by atoms with Crippen LogP contribution in [0.5, 0.6) is 5.75 Å². The van der Waals surface area contributed by atoms with Crippen molar-refractivity contribution < 1.29 is 28.3 Å². The molecule has 0 aliphatic heterocycles. The van der Waals surface area contributed by atoms with Crippen LogP contribution in [0.25, 0.3) is 11.0 Å². The maximum absolute atomic E-state index is 13.6. The molecule has 0 saturated heterocycles. The van der Waals surface area contributed by atoms with Crippen molar-refractivity contribution in [2.24, 2.45) is 5.92 Å². The van der Waals surface area contributed by atoms with Crippen LogP contribution in [0.1, 0.15) is 123 Å². The quantitative estimate of drug-likeness (QED) is 0.0772. The Kier molecular flexibility index (Phi) is 19.8. The van der Waals surface area contributed by atoms with E-state index in [0.717, 1.165) is 38.5 Å². The van der Waals surface area contributed by atoms with Gasteiger partial charge in [-0.2, -0.15) is 0 Å². The van der Waals surface area contributed by atoms with E-state index < -0.39 is 29.5 Å². The zero-order chi connectivity index (χ0) is 36.0. The largest absolute Gasteiger partial charge is 0.497 e. The number of carbonyl (C=O) groups excluding carboxylic acids is 4. The highest BCUT2D eigenvalue weighted by molar-refractivity contribution is 5.94. The number of benzene rings is 1. The van der Waals surface area contributed by atoms with Crippen LogP contribution in [0.3, 0.4) is 0 Å². The molecule has 4 N–H and O–H groups in total. The molecule has 1 aromatic heterocycles. The maximum Gasteiger partial charge on any atom is 0.336 e. The molecule has 11 heteroatoms. The van der Waals surface area contributed by atoms with Crippen LogP contribution in [-0.2, 0) is 25.6 Å². The number of carbonyl (C=O) groups is 4. The third-order valence-electron chi connectivity index (χ3n) is 8.63. The van der Waals surface area contributed by atoms with E-state index in [9.17, 15) is 24.0 Å². The van der Waals surface area contributed by atoms with Gasteiger partial charge in [0.2, 0.25) is 23.6 Å². The van der Waals surface area contributed by atoms with Crippen molar-refractivity contribution in [2.75, 3.05) is 20.2 Å².